The van der Waals surface area contributed by atoms with E-state index in [2.05, 4.69) is 20.3 Å². The number of aromatic amines is 1. The molecule has 0 aromatic carbocycles. The smallest absolute Gasteiger partial charge is 0.265 e. The SMILES string of the molecule is O=c1cn[nH]c(=S)n1/N=C\c1ccccn1. The van der Waals surface area contributed by atoms with Crippen LogP contribution in [0.4, 0.5) is 0 Å². The average molecular weight is 233 g/mol. The van der Waals surface area contributed by atoms with Crippen molar-refractivity contribution in [3.05, 3.63) is 51.4 Å². The van der Waals surface area contributed by atoms with E-state index in [1.165, 1.54) is 6.21 Å². The third kappa shape index (κ3) is 2.26. The van der Waals surface area contributed by atoms with Crippen molar-refractivity contribution < 1.29 is 0 Å². The molecule has 0 amide bonds. The molecule has 0 bridgehead atoms. The lowest BCUT2D eigenvalue weighted by atomic mass is 10.4. The number of rotatable bonds is 2. The molecule has 2 aromatic rings. The molecule has 2 heterocycles. The molecule has 0 unspecified atom stereocenters. The lowest BCUT2D eigenvalue weighted by molar-refractivity contribution is 0.738. The molecule has 0 spiro atoms. The first-order chi connectivity index (χ1) is 7.77. The lowest BCUT2D eigenvalue weighted by Crippen LogP contribution is -2.18. The third-order valence-corrected chi connectivity index (χ3v) is 1.99. The average Bonchev–Trinajstić information content (AvgIpc) is 2.30. The number of aromatic nitrogens is 4. The number of pyridine rings is 1. The van der Waals surface area contributed by atoms with Gasteiger partial charge in [-0.2, -0.15) is 14.9 Å². The Morgan fingerprint density at radius 3 is 3.06 bits per heavy atom. The molecular weight excluding hydrogens is 226 g/mol. The van der Waals surface area contributed by atoms with Crippen molar-refractivity contribution in [3.8, 4) is 0 Å². The standard InChI is InChI=1S/C9H7N5OS/c15-8-6-11-13-9(16)14(8)12-5-7-3-1-2-4-10-7/h1-6H,(H,13,16)/b12-5-. The van der Waals surface area contributed by atoms with E-state index >= 15 is 0 Å². The van der Waals surface area contributed by atoms with Crippen molar-refractivity contribution in [1.82, 2.24) is 19.9 Å². The van der Waals surface area contributed by atoms with Crippen molar-refractivity contribution in [2.75, 3.05) is 0 Å². The van der Waals surface area contributed by atoms with Crippen LogP contribution in [0.3, 0.4) is 0 Å². The van der Waals surface area contributed by atoms with Crippen molar-refractivity contribution in [3.63, 3.8) is 0 Å². The number of hydrogen-bond donors (Lipinski definition) is 1. The molecule has 0 aliphatic carbocycles. The minimum Gasteiger partial charge on any atom is -0.265 e. The van der Waals surface area contributed by atoms with Crippen molar-refractivity contribution in [2.45, 2.75) is 0 Å². The van der Waals surface area contributed by atoms with Gasteiger partial charge in [0.05, 0.1) is 11.9 Å². The largest absolute Gasteiger partial charge is 0.293 e. The summed E-state index contributed by atoms with van der Waals surface area (Å²) >= 11 is 4.87. The van der Waals surface area contributed by atoms with Crippen LogP contribution < -0.4 is 5.56 Å². The first-order valence-electron chi connectivity index (χ1n) is 4.39. The van der Waals surface area contributed by atoms with Crippen LogP contribution in [-0.2, 0) is 0 Å². The molecule has 80 valence electrons. The van der Waals surface area contributed by atoms with E-state index in [4.69, 9.17) is 12.2 Å². The Labute approximate surface area is 95.3 Å². The highest BCUT2D eigenvalue weighted by molar-refractivity contribution is 7.71. The molecule has 0 saturated carbocycles. The van der Waals surface area contributed by atoms with Crippen LogP contribution in [0.1, 0.15) is 5.69 Å². The first kappa shape index (κ1) is 10.4. The van der Waals surface area contributed by atoms with Gasteiger partial charge >= 0.3 is 0 Å². The topological polar surface area (TPSA) is 75.9 Å². The maximum atomic E-state index is 11.3. The third-order valence-electron chi connectivity index (χ3n) is 1.73. The molecule has 0 atom stereocenters. The summed E-state index contributed by atoms with van der Waals surface area (Å²) in [6.07, 6.45) is 4.19. The van der Waals surface area contributed by atoms with Gasteiger partial charge in [-0.1, -0.05) is 6.07 Å². The Kier molecular flexibility index (Phi) is 2.97. The van der Waals surface area contributed by atoms with Crippen molar-refractivity contribution in [2.24, 2.45) is 5.10 Å². The van der Waals surface area contributed by atoms with Crippen LogP contribution in [0.25, 0.3) is 0 Å². The Balaban J connectivity index is 2.39. The van der Waals surface area contributed by atoms with Gasteiger partial charge in [0.25, 0.3) is 5.56 Å². The Bertz CT molecular complexity index is 587. The summed E-state index contributed by atoms with van der Waals surface area (Å²) in [6.45, 7) is 0. The summed E-state index contributed by atoms with van der Waals surface area (Å²) in [5, 5.41) is 9.93. The van der Waals surface area contributed by atoms with Crippen molar-refractivity contribution >= 4 is 18.4 Å². The molecule has 2 rings (SSSR count). The molecule has 1 N–H and O–H groups in total. The zero-order chi connectivity index (χ0) is 11.4. The van der Waals surface area contributed by atoms with Crippen LogP contribution in [0.5, 0.6) is 0 Å². The van der Waals surface area contributed by atoms with E-state index in [1.807, 2.05) is 6.07 Å². The van der Waals surface area contributed by atoms with Gasteiger partial charge in [0.2, 0.25) is 4.77 Å². The Morgan fingerprint density at radius 1 is 1.50 bits per heavy atom. The minimum atomic E-state index is -0.393. The van der Waals surface area contributed by atoms with E-state index in [9.17, 15) is 4.79 Å². The van der Waals surface area contributed by atoms with Gasteiger partial charge < -0.3 is 0 Å². The van der Waals surface area contributed by atoms with Crippen LogP contribution in [0.2, 0.25) is 0 Å². The molecule has 6 nitrogen and oxygen atoms in total. The number of H-pyrrole nitrogens is 1. The monoisotopic (exact) mass is 233 g/mol. The Hall–Kier alpha value is -2.15. The maximum Gasteiger partial charge on any atom is 0.293 e. The second-order valence-electron chi connectivity index (χ2n) is 2.82. The molecule has 0 aliphatic rings. The fraction of sp³-hybridized carbons (Fsp3) is 0. The van der Waals surface area contributed by atoms with E-state index in [-0.39, 0.29) is 4.77 Å². The van der Waals surface area contributed by atoms with E-state index in [1.54, 1.807) is 18.3 Å². The van der Waals surface area contributed by atoms with Gasteiger partial charge in [-0.3, -0.25) is 14.9 Å². The summed E-state index contributed by atoms with van der Waals surface area (Å²) in [5.74, 6) is 0. The summed E-state index contributed by atoms with van der Waals surface area (Å²) in [4.78, 5) is 15.4. The molecule has 0 saturated heterocycles. The molecule has 0 fully saturated rings. The van der Waals surface area contributed by atoms with Crippen LogP contribution >= 0.6 is 12.2 Å². The molecule has 16 heavy (non-hydrogen) atoms. The quantitative estimate of drug-likeness (QED) is 0.608. The van der Waals surface area contributed by atoms with Gasteiger partial charge in [0.1, 0.15) is 6.20 Å². The van der Waals surface area contributed by atoms with E-state index in [0.29, 0.717) is 5.69 Å². The minimum absolute atomic E-state index is 0.139. The zero-order valence-electron chi connectivity index (χ0n) is 8.07. The van der Waals surface area contributed by atoms with Crippen LogP contribution in [0.15, 0.2) is 40.5 Å². The molecule has 0 radical (unpaired) electrons. The second-order valence-corrected chi connectivity index (χ2v) is 3.21. The second kappa shape index (κ2) is 4.58. The number of nitrogens with one attached hydrogen (secondary N) is 1. The Morgan fingerprint density at radius 2 is 2.38 bits per heavy atom. The van der Waals surface area contributed by atoms with E-state index < -0.39 is 5.56 Å². The summed E-state index contributed by atoms with van der Waals surface area (Å²) in [5.41, 5.74) is 0.247. The van der Waals surface area contributed by atoms with Gasteiger partial charge in [-0.05, 0) is 24.4 Å². The molecule has 2 aromatic heterocycles. The van der Waals surface area contributed by atoms with Gasteiger partial charge in [0.15, 0.2) is 0 Å². The zero-order valence-corrected chi connectivity index (χ0v) is 8.89. The fourth-order valence-electron chi connectivity index (χ4n) is 1.02. The summed E-state index contributed by atoms with van der Waals surface area (Å²) in [6, 6.07) is 5.38. The highest BCUT2D eigenvalue weighted by atomic mass is 32.1. The normalized spacial score (nSPS) is 10.8. The predicted octanol–water partition coefficient (Wildman–Crippen LogP) is 0.578. The number of nitrogens with zero attached hydrogens (tertiary/aromatic N) is 4. The first-order valence-corrected chi connectivity index (χ1v) is 4.80. The fourth-order valence-corrected chi connectivity index (χ4v) is 1.21. The summed E-state index contributed by atoms with van der Waals surface area (Å²) < 4.78 is 1.18. The van der Waals surface area contributed by atoms with Crippen LogP contribution in [0, 0.1) is 4.77 Å². The van der Waals surface area contributed by atoms with Gasteiger partial charge in [-0.15, -0.1) is 0 Å². The lowest BCUT2D eigenvalue weighted by Gasteiger charge is -1.95. The van der Waals surface area contributed by atoms with Gasteiger partial charge in [0, 0.05) is 6.20 Å². The maximum absolute atomic E-state index is 11.3. The predicted molar refractivity (Wildman–Crippen MR) is 60.9 cm³/mol. The molecular formula is C9H7N5OS. The van der Waals surface area contributed by atoms with Gasteiger partial charge in [-0.25, -0.2) is 0 Å². The highest BCUT2D eigenvalue weighted by Gasteiger charge is 1.94. The molecule has 0 aliphatic heterocycles. The number of hydrogen-bond acceptors (Lipinski definition) is 5. The molecule has 7 heteroatoms. The summed E-state index contributed by atoms with van der Waals surface area (Å²) in [7, 11) is 0. The van der Waals surface area contributed by atoms with Crippen molar-refractivity contribution in [1.29, 1.82) is 0 Å². The highest BCUT2D eigenvalue weighted by Crippen LogP contribution is 1.89. The van der Waals surface area contributed by atoms with E-state index in [0.717, 1.165) is 10.9 Å². The van der Waals surface area contributed by atoms with Crippen LogP contribution in [-0.4, -0.2) is 26.1 Å².